The molecule has 4 heteroatoms. The van der Waals surface area contributed by atoms with Gasteiger partial charge in [-0.05, 0) is 18.6 Å². The second-order valence-corrected chi connectivity index (χ2v) is 3.31. The molecule has 1 rings (SSSR count). The summed E-state index contributed by atoms with van der Waals surface area (Å²) in [6, 6.07) is 1.73. The van der Waals surface area contributed by atoms with Gasteiger partial charge in [0.25, 0.3) is 0 Å². The van der Waals surface area contributed by atoms with Gasteiger partial charge in [-0.2, -0.15) is 0 Å². The lowest BCUT2D eigenvalue weighted by molar-refractivity contribution is 0.181. The fraction of sp³-hybridized carbons (Fsp3) is 0.444. The van der Waals surface area contributed by atoms with Crippen molar-refractivity contribution < 1.29 is 4.74 Å². The Morgan fingerprint density at radius 1 is 1.69 bits per heavy atom. The molecular formula is C9H13ClN2O. The average Bonchev–Trinajstić information content (AvgIpc) is 2.09. The molecule has 0 aliphatic carbocycles. The second kappa shape index (κ2) is 4.56. The van der Waals surface area contributed by atoms with Gasteiger partial charge in [0.05, 0.1) is 12.6 Å². The predicted molar refractivity (Wildman–Crippen MR) is 52.8 cm³/mol. The normalized spacial score (nSPS) is 12.9. The van der Waals surface area contributed by atoms with Crippen LogP contribution in [0.15, 0.2) is 12.3 Å². The van der Waals surface area contributed by atoms with Gasteiger partial charge in [-0.3, -0.25) is 0 Å². The van der Waals surface area contributed by atoms with E-state index in [0.29, 0.717) is 11.8 Å². The highest BCUT2D eigenvalue weighted by Crippen LogP contribution is 2.20. The van der Waals surface area contributed by atoms with Gasteiger partial charge in [0.2, 0.25) is 0 Å². The molecule has 13 heavy (non-hydrogen) atoms. The lowest BCUT2D eigenvalue weighted by Gasteiger charge is -2.12. The van der Waals surface area contributed by atoms with E-state index in [4.69, 9.17) is 22.1 Å². The molecule has 1 aromatic heterocycles. The van der Waals surface area contributed by atoms with E-state index in [1.807, 2.05) is 13.0 Å². The summed E-state index contributed by atoms with van der Waals surface area (Å²) >= 11 is 5.88. The van der Waals surface area contributed by atoms with E-state index < -0.39 is 0 Å². The van der Waals surface area contributed by atoms with Crippen LogP contribution in [0.2, 0.25) is 5.15 Å². The van der Waals surface area contributed by atoms with Crippen molar-refractivity contribution in [2.24, 2.45) is 5.73 Å². The van der Waals surface area contributed by atoms with Gasteiger partial charge >= 0.3 is 0 Å². The molecular weight excluding hydrogens is 188 g/mol. The highest BCUT2D eigenvalue weighted by Gasteiger charge is 2.10. The summed E-state index contributed by atoms with van der Waals surface area (Å²) in [5.74, 6) is 0. The first-order chi connectivity index (χ1) is 6.15. The fourth-order valence-corrected chi connectivity index (χ4v) is 1.35. The van der Waals surface area contributed by atoms with Gasteiger partial charge in [0.15, 0.2) is 0 Å². The molecule has 0 aromatic carbocycles. The number of aryl methyl sites for hydroxylation is 1. The van der Waals surface area contributed by atoms with Crippen LogP contribution < -0.4 is 5.73 Å². The zero-order valence-electron chi connectivity index (χ0n) is 7.75. The summed E-state index contributed by atoms with van der Waals surface area (Å²) in [5.41, 5.74) is 7.71. The van der Waals surface area contributed by atoms with Crippen LogP contribution in [0.5, 0.6) is 0 Å². The first-order valence-electron chi connectivity index (χ1n) is 4.01. The van der Waals surface area contributed by atoms with Crippen molar-refractivity contribution in [3.63, 3.8) is 0 Å². The van der Waals surface area contributed by atoms with Crippen LogP contribution in [0.4, 0.5) is 0 Å². The van der Waals surface area contributed by atoms with Gasteiger partial charge in [0, 0.05) is 18.9 Å². The van der Waals surface area contributed by atoms with Gasteiger partial charge in [-0.25, -0.2) is 4.98 Å². The number of hydrogen-bond donors (Lipinski definition) is 1. The molecule has 0 amide bonds. The lowest BCUT2D eigenvalue weighted by atomic mass is 10.1. The standard InChI is InChI=1S/C9H13ClN2O/c1-6-3-7(8(11)5-13-2)9(10)12-4-6/h3-4,8H,5,11H2,1-2H3. The van der Waals surface area contributed by atoms with Crippen LogP contribution >= 0.6 is 11.6 Å². The Hall–Kier alpha value is -0.640. The predicted octanol–water partition coefficient (Wildman–Crippen LogP) is 1.69. The molecule has 72 valence electrons. The van der Waals surface area contributed by atoms with Crippen molar-refractivity contribution in [3.05, 3.63) is 28.5 Å². The third-order valence-electron chi connectivity index (χ3n) is 1.75. The number of rotatable bonds is 3. The zero-order valence-corrected chi connectivity index (χ0v) is 8.51. The van der Waals surface area contributed by atoms with Crippen molar-refractivity contribution >= 4 is 11.6 Å². The fourth-order valence-electron chi connectivity index (χ4n) is 1.10. The molecule has 0 bridgehead atoms. The summed E-state index contributed by atoms with van der Waals surface area (Å²) < 4.78 is 4.94. The third kappa shape index (κ3) is 2.66. The van der Waals surface area contributed by atoms with E-state index in [2.05, 4.69) is 4.98 Å². The van der Waals surface area contributed by atoms with Crippen molar-refractivity contribution in [2.45, 2.75) is 13.0 Å². The first-order valence-corrected chi connectivity index (χ1v) is 4.39. The smallest absolute Gasteiger partial charge is 0.133 e. The maximum Gasteiger partial charge on any atom is 0.133 e. The van der Waals surface area contributed by atoms with Crippen LogP contribution in [0.1, 0.15) is 17.2 Å². The number of ether oxygens (including phenoxy) is 1. The topological polar surface area (TPSA) is 48.1 Å². The monoisotopic (exact) mass is 200 g/mol. The van der Waals surface area contributed by atoms with E-state index in [1.54, 1.807) is 13.3 Å². The summed E-state index contributed by atoms with van der Waals surface area (Å²) in [5, 5.41) is 0.454. The lowest BCUT2D eigenvalue weighted by Crippen LogP contribution is -2.17. The minimum absolute atomic E-state index is 0.204. The van der Waals surface area contributed by atoms with Crippen molar-refractivity contribution in [2.75, 3.05) is 13.7 Å². The molecule has 0 saturated carbocycles. The summed E-state index contributed by atoms with van der Waals surface area (Å²) in [4.78, 5) is 4.01. The molecule has 0 radical (unpaired) electrons. The molecule has 3 nitrogen and oxygen atoms in total. The number of aromatic nitrogens is 1. The molecule has 1 heterocycles. The van der Waals surface area contributed by atoms with E-state index in [9.17, 15) is 0 Å². The van der Waals surface area contributed by atoms with E-state index >= 15 is 0 Å². The largest absolute Gasteiger partial charge is 0.383 e. The Bertz CT molecular complexity index is 291. The minimum atomic E-state index is -0.204. The zero-order chi connectivity index (χ0) is 9.84. The molecule has 0 spiro atoms. The van der Waals surface area contributed by atoms with Crippen molar-refractivity contribution in [1.82, 2.24) is 4.98 Å². The van der Waals surface area contributed by atoms with Gasteiger partial charge < -0.3 is 10.5 Å². The number of methoxy groups -OCH3 is 1. The van der Waals surface area contributed by atoms with Crippen LogP contribution in [0.25, 0.3) is 0 Å². The molecule has 2 N–H and O–H groups in total. The van der Waals surface area contributed by atoms with E-state index in [-0.39, 0.29) is 6.04 Å². The Labute approximate surface area is 82.9 Å². The Kier molecular flexibility index (Phi) is 3.66. The van der Waals surface area contributed by atoms with E-state index in [0.717, 1.165) is 11.1 Å². The quantitative estimate of drug-likeness (QED) is 0.756. The molecule has 0 aliphatic rings. The van der Waals surface area contributed by atoms with Gasteiger partial charge in [-0.15, -0.1) is 0 Å². The average molecular weight is 201 g/mol. The second-order valence-electron chi connectivity index (χ2n) is 2.95. The summed E-state index contributed by atoms with van der Waals surface area (Å²) in [6.45, 7) is 2.40. The van der Waals surface area contributed by atoms with Crippen LogP contribution in [-0.4, -0.2) is 18.7 Å². The van der Waals surface area contributed by atoms with Crippen LogP contribution in [0, 0.1) is 6.92 Å². The molecule has 0 fully saturated rings. The summed E-state index contributed by atoms with van der Waals surface area (Å²) in [7, 11) is 1.61. The summed E-state index contributed by atoms with van der Waals surface area (Å²) in [6.07, 6.45) is 1.71. The number of nitrogens with two attached hydrogens (primary N) is 1. The molecule has 1 aromatic rings. The molecule has 1 unspecified atom stereocenters. The Balaban J connectivity index is 2.91. The number of nitrogens with zero attached hydrogens (tertiary/aromatic N) is 1. The Morgan fingerprint density at radius 3 is 3.00 bits per heavy atom. The molecule has 1 atom stereocenters. The van der Waals surface area contributed by atoms with Crippen molar-refractivity contribution in [3.8, 4) is 0 Å². The number of hydrogen-bond acceptors (Lipinski definition) is 3. The Morgan fingerprint density at radius 2 is 2.38 bits per heavy atom. The number of pyridine rings is 1. The highest BCUT2D eigenvalue weighted by molar-refractivity contribution is 6.30. The van der Waals surface area contributed by atoms with Gasteiger partial charge in [-0.1, -0.05) is 11.6 Å². The minimum Gasteiger partial charge on any atom is -0.383 e. The maximum atomic E-state index is 5.88. The first kappa shape index (κ1) is 10.4. The molecule has 0 saturated heterocycles. The van der Waals surface area contributed by atoms with E-state index in [1.165, 1.54) is 0 Å². The van der Waals surface area contributed by atoms with Crippen LogP contribution in [-0.2, 0) is 4.74 Å². The molecule has 0 aliphatic heterocycles. The third-order valence-corrected chi connectivity index (χ3v) is 2.06. The van der Waals surface area contributed by atoms with Gasteiger partial charge in [0.1, 0.15) is 5.15 Å². The SMILES string of the molecule is COCC(N)c1cc(C)cnc1Cl. The number of halogens is 1. The maximum absolute atomic E-state index is 5.88. The highest BCUT2D eigenvalue weighted by atomic mass is 35.5. The van der Waals surface area contributed by atoms with Crippen molar-refractivity contribution in [1.29, 1.82) is 0 Å². The van der Waals surface area contributed by atoms with Crippen LogP contribution in [0.3, 0.4) is 0 Å².